The summed E-state index contributed by atoms with van der Waals surface area (Å²) in [5.41, 5.74) is 2.22. The van der Waals surface area contributed by atoms with Crippen molar-refractivity contribution in [1.82, 2.24) is 0 Å². The Balaban J connectivity index is 1.80. The van der Waals surface area contributed by atoms with Crippen LogP contribution in [0.4, 0.5) is 11.4 Å². The van der Waals surface area contributed by atoms with E-state index in [0.717, 1.165) is 11.4 Å². The zero-order chi connectivity index (χ0) is 13.9. The van der Waals surface area contributed by atoms with E-state index in [1.807, 2.05) is 30.3 Å². The minimum Gasteiger partial charge on any atom is -0.381 e. The van der Waals surface area contributed by atoms with Crippen LogP contribution in [0.3, 0.4) is 0 Å². The molecule has 0 radical (unpaired) electrons. The molecule has 0 aromatic heterocycles. The summed E-state index contributed by atoms with van der Waals surface area (Å²) in [6.45, 7) is 0. The van der Waals surface area contributed by atoms with Gasteiger partial charge in [0.2, 0.25) is 0 Å². The molecule has 0 atom stereocenters. The van der Waals surface area contributed by atoms with E-state index in [0.29, 0.717) is 16.6 Å². The van der Waals surface area contributed by atoms with Gasteiger partial charge in [-0.25, -0.2) is 0 Å². The number of benzene rings is 2. The van der Waals surface area contributed by atoms with E-state index in [1.165, 1.54) is 12.8 Å². The molecule has 2 N–H and O–H groups in total. The highest BCUT2D eigenvalue weighted by atomic mass is 35.5. The van der Waals surface area contributed by atoms with E-state index >= 15 is 0 Å². The van der Waals surface area contributed by atoms with Crippen molar-refractivity contribution in [3.8, 4) is 0 Å². The van der Waals surface area contributed by atoms with Gasteiger partial charge in [0, 0.05) is 6.04 Å². The third-order valence-electron chi connectivity index (χ3n) is 3.23. The number of amides is 1. The van der Waals surface area contributed by atoms with Crippen molar-refractivity contribution in [1.29, 1.82) is 0 Å². The van der Waals surface area contributed by atoms with E-state index in [-0.39, 0.29) is 5.91 Å². The van der Waals surface area contributed by atoms with Gasteiger partial charge in [0.1, 0.15) is 0 Å². The molecule has 1 aliphatic carbocycles. The van der Waals surface area contributed by atoms with Crippen LogP contribution >= 0.6 is 11.6 Å². The molecule has 1 fully saturated rings. The fourth-order valence-corrected chi connectivity index (χ4v) is 2.22. The van der Waals surface area contributed by atoms with E-state index in [9.17, 15) is 4.79 Å². The zero-order valence-corrected chi connectivity index (χ0v) is 11.7. The number of carbonyl (C=O) groups is 1. The molecule has 0 unspecified atom stereocenters. The zero-order valence-electron chi connectivity index (χ0n) is 10.9. The van der Waals surface area contributed by atoms with Gasteiger partial charge in [-0.1, -0.05) is 35.9 Å². The molecule has 1 saturated carbocycles. The van der Waals surface area contributed by atoms with E-state index < -0.39 is 0 Å². The largest absolute Gasteiger partial charge is 0.381 e. The minimum absolute atomic E-state index is 0.194. The van der Waals surface area contributed by atoms with Crippen LogP contribution in [0.15, 0.2) is 48.5 Å². The van der Waals surface area contributed by atoms with Crippen LogP contribution in [-0.4, -0.2) is 11.9 Å². The topological polar surface area (TPSA) is 41.1 Å². The van der Waals surface area contributed by atoms with Crippen molar-refractivity contribution in [3.05, 3.63) is 59.1 Å². The summed E-state index contributed by atoms with van der Waals surface area (Å²) in [4.78, 5) is 12.3. The van der Waals surface area contributed by atoms with Gasteiger partial charge >= 0.3 is 0 Å². The number of hydrogen-bond donors (Lipinski definition) is 2. The van der Waals surface area contributed by atoms with Crippen LogP contribution in [0.25, 0.3) is 0 Å². The van der Waals surface area contributed by atoms with Crippen molar-refractivity contribution in [3.63, 3.8) is 0 Å². The van der Waals surface area contributed by atoms with Gasteiger partial charge in [-0.15, -0.1) is 0 Å². The summed E-state index contributed by atoms with van der Waals surface area (Å²) in [7, 11) is 0. The first-order chi connectivity index (χ1) is 9.74. The van der Waals surface area contributed by atoms with Crippen molar-refractivity contribution < 1.29 is 4.79 Å². The molecule has 0 bridgehead atoms. The molecular weight excluding hydrogens is 272 g/mol. The summed E-state index contributed by atoms with van der Waals surface area (Å²) in [5, 5.41) is 6.78. The van der Waals surface area contributed by atoms with Gasteiger partial charge in [-0.2, -0.15) is 0 Å². The molecule has 2 aromatic carbocycles. The van der Waals surface area contributed by atoms with Gasteiger partial charge in [0.15, 0.2) is 0 Å². The Hall–Kier alpha value is -2.00. The molecule has 20 heavy (non-hydrogen) atoms. The number of rotatable bonds is 4. The van der Waals surface area contributed by atoms with Crippen molar-refractivity contribution >= 4 is 28.9 Å². The SMILES string of the molecule is O=C(Nc1ccccc1NC1CC1)c1ccccc1Cl. The second kappa shape index (κ2) is 5.55. The van der Waals surface area contributed by atoms with Crippen molar-refractivity contribution in [2.75, 3.05) is 10.6 Å². The maximum atomic E-state index is 12.3. The van der Waals surface area contributed by atoms with Crippen LogP contribution in [0.1, 0.15) is 23.2 Å². The Morgan fingerprint density at radius 3 is 2.35 bits per heavy atom. The van der Waals surface area contributed by atoms with E-state index in [2.05, 4.69) is 10.6 Å². The maximum Gasteiger partial charge on any atom is 0.257 e. The first kappa shape index (κ1) is 13.0. The first-order valence-corrected chi connectivity index (χ1v) is 7.03. The highest BCUT2D eigenvalue weighted by Gasteiger charge is 2.22. The van der Waals surface area contributed by atoms with Crippen molar-refractivity contribution in [2.24, 2.45) is 0 Å². The lowest BCUT2D eigenvalue weighted by Gasteiger charge is -2.13. The summed E-state index contributed by atoms with van der Waals surface area (Å²) < 4.78 is 0. The number of anilines is 2. The highest BCUT2D eigenvalue weighted by molar-refractivity contribution is 6.34. The molecule has 3 nitrogen and oxygen atoms in total. The van der Waals surface area contributed by atoms with Gasteiger partial charge in [-0.3, -0.25) is 4.79 Å². The lowest BCUT2D eigenvalue weighted by atomic mass is 10.2. The fourth-order valence-electron chi connectivity index (χ4n) is 2.00. The third kappa shape index (κ3) is 2.94. The number of halogens is 1. The normalized spacial score (nSPS) is 13.8. The quantitative estimate of drug-likeness (QED) is 0.886. The Bertz CT molecular complexity index is 638. The van der Waals surface area contributed by atoms with Gasteiger partial charge < -0.3 is 10.6 Å². The molecule has 3 rings (SSSR count). The molecule has 1 aliphatic rings. The molecule has 0 heterocycles. The highest BCUT2D eigenvalue weighted by Crippen LogP contribution is 2.29. The average Bonchev–Trinajstić information content (AvgIpc) is 3.25. The van der Waals surface area contributed by atoms with Gasteiger partial charge in [0.25, 0.3) is 5.91 Å². The smallest absolute Gasteiger partial charge is 0.257 e. The Labute approximate surface area is 123 Å². The lowest BCUT2D eigenvalue weighted by Crippen LogP contribution is -2.14. The summed E-state index contributed by atoms with van der Waals surface area (Å²) >= 11 is 6.04. The van der Waals surface area contributed by atoms with Crippen LogP contribution in [0, 0.1) is 0 Å². The molecule has 102 valence electrons. The van der Waals surface area contributed by atoms with Crippen LogP contribution in [0.5, 0.6) is 0 Å². The van der Waals surface area contributed by atoms with Gasteiger partial charge in [-0.05, 0) is 37.1 Å². The van der Waals surface area contributed by atoms with Crippen LogP contribution in [0.2, 0.25) is 5.02 Å². The van der Waals surface area contributed by atoms with Crippen LogP contribution in [-0.2, 0) is 0 Å². The lowest BCUT2D eigenvalue weighted by molar-refractivity contribution is 0.102. The Morgan fingerprint density at radius 2 is 1.65 bits per heavy atom. The number of hydrogen-bond acceptors (Lipinski definition) is 2. The number of nitrogens with one attached hydrogen (secondary N) is 2. The summed E-state index contributed by atoms with van der Waals surface area (Å²) in [6.07, 6.45) is 2.37. The molecule has 0 aliphatic heterocycles. The van der Waals surface area contributed by atoms with E-state index in [1.54, 1.807) is 18.2 Å². The molecule has 4 heteroatoms. The standard InChI is InChI=1S/C16H15ClN2O/c17-13-6-2-1-5-12(13)16(20)19-15-8-4-3-7-14(15)18-11-9-10-11/h1-8,11,18H,9-10H2,(H,19,20). The third-order valence-corrected chi connectivity index (χ3v) is 3.56. The molecule has 0 saturated heterocycles. The molecular formula is C16H15ClN2O. The second-order valence-electron chi connectivity index (χ2n) is 4.90. The number of para-hydroxylation sites is 2. The van der Waals surface area contributed by atoms with E-state index in [4.69, 9.17) is 11.6 Å². The Morgan fingerprint density at radius 1 is 1.00 bits per heavy atom. The predicted molar refractivity (Wildman–Crippen MR) is 82.5 cm³/mol. The summed E-state index contributed by atoms with van der Waals surface area (Å²) in [5.74, 6) is -0.194. The Kier molecular flexibility index (Phi) is 3.61. The first-order valence-electron chi connectivity index (χ1n) is 6.65. The molecule has 2 aromatic rings. The number of carbonyl (C=O) groups excluding carboxylic acids is 1. The van der Waals surface area contributed by atoms with Crippen molar-refractivity contribution in [2.45, 2.75) is 18.9 Å². The minimum atomic E-state index is -0.194. The van der Waals surface area contributed by atoms with Crippen LogP contribution < -0.4 is 10.6 Å². The molecule has 1 amide bonds. The average molecular weight is 287 g/mol. The fraction of sp³-hybridized carbons (Fsp3) is 0.188. The van der Waals surface area contributed by atoms with Gasteiger partial charge in [0.05, 0.1) is 22.0 Å². The molecule has 0 spiro atoms. The summed E-state index contributed by atoms with van der Waals surface area (Å²) in [6, 6.07) is 15.3. The second-order valence-corrected chi connectivity index (χ2v) is 5.31. The predicted octanol–water partition coefficient (Wildman–Crippen LogP) is 4.17. The monoisotopic (exact) mass is 286 g/mol. The maximum absolute atomic E-state index is 12.3.